The quantitative estimate of drug-likeness (QED) is 0.739. The standard InChI is InChI=1S/C15H13F4NO3S/c1-20(9-10-2-5-12(6-3-10)23-15(18)19)24(21,22)14-8-11(16)4-7-13(14)17/h2-8,15H,9H2,1H3. The summed E-state index contributed by atoms with van der Waals surface area (Å²) in [7, 11) is -3.05. The molecule has 0 amide bonds. The van der Waals surface area contributed by atoms with Gasteiger partial charge in [-0.25, -0.2) is 17.2 Å². The fraction of sp³-hybridized carbons (Fsp3) is 0.200. The van der Waals surface area contributed by atoms with Crippen LogP contribution < -0.4 is 4.74 Å². The van der Waals surface area contributed by atoms with E-state index in [2.05, 4.69) is 4.74 Å². The van der Waals surface area contributed by atoms with Crippen molar-refractivity contribution in [3.8, 4) is 5.75 Å². The van der Waals surface area contributed by atoms with E-state index in [1.165, 1.54) is 31.3 Å². The van der Waals surface area contributed by atoms with Crippen molar-refractivity contribution in [3.63, 3.8) is 0 Å². The molecule has 0 aliphatic carbocycles. The van der Waals surface area contributed by atoms with Crippen LogP contribution in [0.15, 0.2) is 47.4 Å². The van der Waals surface area contributed by atoms with E-state index in [-0.39, 0.29) is 12.3 Å². The molecule has 0 spiro atoms. The molecule has 0 N–H and O–H groups in total. The van der Waals surface area contributed by atoms with Gasteiger partial charge in [-0.2, -0.15) is 13.1 Å². The highest BCUT2D eigenvalue weighted by Crippen LogP contribution is 2.22. The average molecular weight is 363 g/mol. The molecule has 0 bridgehead atoms. The van der Waals surface area contributed by atoms with E-state index < -0.39 is 33.2 Å². The third-order valence-corrected chi connectivity index (χ3v) is 4.95. The van der Waals surface area contributed by atoms with E-state index in [1.807, 2.05) is 0 Å². The van der Waals surface area contributed by atoms with Gasteiger partial charge in [-0.1, -0.05) is 12.1 Å². The van der Waals surface area contributed by atoms with Crippen LogP contribution in [0.5, 0.6) is 5.75 Å². The van der Waals surface area contributed by atoms with Crippen molar-refractivity contribution in [1.82, 2.24) is 4.31 Å². The van der Waals surface area contributed by atoms with Gasteiger partial charge in [0.05, 0.1) is 0 Å². The molecule has 0 saturated heterocycles. The van der Waals surface area contributed by atoms with Crippen LogP contribution in [0.3, 0.4) is 0 Å². The number of nitrogens with zero attached hydrogens (tertiary/aromatic N) is 1. The number of benzene rings is 2. The summed E-state index contributed by atoms with van der Waals surface area (Å²) in [4.78, 5) is -0.775. The predicted molar refractivity (Wildman–Crippen MR) is 78.1 cm³/mol. The zero-order valence-corrected chi connectivity index (χ0v) is 13.2. The Kier molecular flexibility index (Phi) is 5.45. The molecule has 2 aromatic carbocycles. The number of halogens is 4. The Hall–Kier alpha value is -2.13. The van der Waals surface area contributed by atoms with Crippen LogP contribution >= 0.6 is 0 Å². The minimum atomic E-state index is -4.25. The number of hydrogen-bond acceptors (Lipinski definition) is 3. The van der Waals surface area contributed by atoms with Crippen LogP contribution in [-0.4, -0.2) is 26.4 Å². The van der Waals surface area contributed by atoms with Crippen molar-refractivity contribution < 1.29 is 30.7 Å². The van der Waals surface area contributed by atoms with Gasteiger partial charge in [-0.15, -0.1) is 0 Å². The maximum absolute atomic E-state index is 13.7. The van der Waals surface area contributed by atoms with Crippen molar-refractivity contribution in [2.75, 3.05) is 7.05 Å². The lowest BCUT2D eigenvalue weighted by atomic mass is 10.2. The second-order valence-electron chi connectivity index (χ2n) is 4.86. The van der Waals surface area contributed by atoms with E-state index in [1.54, 1.807) is 0 Å². The fourth-order valence-corrected chi connectivity index (χ4v) is 3.19. The zero-order chi connectivity index (χ0) is 17.9. The van der Waals surface area contributed by atoms with Gasteiger partial charge in [0, 0.05) is 13.6 Å². The summed E-state index contributed by atoms with van der Waals surface area (Å²) in [6.45, 7) is -3.12. The highest BCUT2D eigenvalue weighted by Gasteiger charge is 2.25. The second kappa shape index (κ2) is 7.18. The van der Waals surface area contributed by atoms with Crippen LogP contribution in [0, 0.1) is 11.6 Å². The van der Waals surface area contributed by atoms with Crippen molar-refractivity contribution in [2.45, 2.75) is 18.1 Å². The number of sulfonamides is 1. The first-order chi connectivity index (χ1) is 11.2. The third kappa shape index (κ3) is 4.24. The van der Waals surface area contributed by atoms with Crippen LogP contribution in [0.25, 0.3) is 0 Å². The molecule has 24 heavy (non-hydrogen) atoms. The summed E-state index contributed by atoms with van der Waals surface area (Å²) in [5, 5.41) is 0. The van der Waals surface area contributed by atoms with E-state index in [4.69, 9.17) is 0 Å². The van der Waals surface area contributed by atoms with Crippen LogP contribution in [-0.2, 0) is 16.6 Å². The molecule has 9 heteroatoms. The molecular weight excluding hydrogens is 350 g/mol. The molecule has 0 saturated carbocycles. The molecule has 0 heterocycles. The van der Waals surface area contributed by atoms with E-state index in [9.17, 15) is 26.0 Å². The van der Waals surface area contributed by atoms with Gasteiger partial charge >= 0.3 is 6.61 Å². The van der Waals surface area contributed by atoms with E-state index in [0.29, 0.717) is 11.6 Å². The number of rotatable bonds is 6. The Labute approximate surface area is 136 Å². The first-order valence-electron chi connectivity index (χ1n) is 6.65. The molecular formula is C15H13F4NO3S. The van der Waals surface area contributed by atoms with Crippen LogP contribution in [0.2, 0.25) is 0 Å². The predicted octanol–water partition coefficient (Wildman–Crippen LogP) is 3.39. The van der Waals surface area contributed by atoms with Gasteiger partial charge < -0.3 is 4.74 Å². The third-order valence-electron chi connectivity index (χ3n) is 3.14. The molecule has 2 aromatic rings. The number of ether oxygens (including phenoxy) is 1. The Morgan fingerprint density at radius 3 is 2.29 bits per heavy atom. The maximum Gasteiger partial charge on any atom is 0.387 e. The summed E-state index contributed by atoms with van der Waals surface area (Å²) in [5.74, 6) is -2.02. The summed E-state index contributed by atoms with van der Waals surface area (Å²) >= 11 is 0. The lowest BCUT2D eigenvalue weighted by Gasteiger charge is -2.18. The molecule has 4 nitrogen and oxygen atoms in total. The molecule has 0 unspecified atom stereocenters. The molecule has 0 aliphatic rings. The molecule has 0 fully saturated rings. The smallest absolute Gasteiger partial charge is 0.387 e. The Bertz CT molecular complexity index is 810. The Morgan fingerprint density at radius 1 is 1.08 bits per heavy atom. The topological polar surface area (TPSA) is 46.6 Å². The Balaban J connectivity index is 2.19. The lowest BCUT2D eigenvalue weighted by molar-refractivity contribution is -0.0498. The van der Waals surface area contributed by atoms with Crippen molar-refractivity contribution in [1.29, 1.82) is 0 Å². The monoisotopic (exact) mass is 363 g/mol. The Morgan fingerprint density at radius 2 is 1.71 bits per heavy atom. The fourth-order valence-electron chi connectivity index (χ4n) is 1.96. The minimum absolute atomic E-state index is 0.0737. The summed E-state index contributed by atoms with van der Waals surface area (Å²) in [6, 6.07) is 7.44. The zero-order valence-electron chi connectivity index (χ0n) is 12.4. The van der Waals surface area contributed by atoms with Crippen molar-refractivity contribution in [2.24, 2.45) is 0 Å². The van der Waals surface area contributed by atoms with Gasteiger partial charge in [0.25, 0.3) is 0 Å². The van der Waals surface area contributed by atoms with Crippen molar-refractivity contribution in [3.05, 3.63) is 59.7 Å². The van der Waals surface area contributed by atoms with E-state index >= 15 is 0 Å². The first-order valence-corrected chi connectivity index (χ1v) is 8.09. The van der Waals surface area contributed by atoms with Gasteiger partial charge in [0.1, 0.15) is 22.3 Å². The minimum Gasteiger partial charge on any atom is -0.435 e. The summed E-state index contributed by atoms with van der Waals surface area (Å²) in [6.07, 6.45) is 0. The second-order valence-corrected chi connectivity index (χ2v) is 6.87. The molecule has 0 aliphatic heterocycles. The molecule has 0 radical (unpaired) electrons. The largest absolute Gasteiger partial charge is 0.435 e. The normalized spacial score (nSPS) is 12.0. The summed E-state index contributed by atoms with van der Waals surface area (Å²) in [5.41, 5.74) is 0.458. The molecule has 2 rings (SSSR count). The van der Waals surface area contributed by atoms with E-state index in [0.717, 1.165) is 16.4 Å². The van der Waals surface area contributed by atoms with Gasteiger partial charge in [0.15, 0.2) is 0 Å². The maximum atomic E-state index is 13.7. The SMILES string of the molecule is CN(Cc1ccc(OC(F)F)cc1)S(=O)(=O)c1cc(F)ccc1F. The average Bonchev–Trinajstić information content (AvgIpc) is 2.51. The molecule has 0 aromatic heterocycles. The van der Waals surface area contributed by atoms with Gasteiger partial charge in [0.2, 0.25) is 10.0 Å². The molecule has 130 valence electrons. The van der Waals surface area contributed by atoms with Gasteiger partial charge in [-0.05, 0) is 35.9 Å². The summed E-state index contributed by atoms with van der Waals surface area (Å²) < 4.78 is 80.7. The van der Waals surface area contributed by atoms with Crippen molar-refractivity contribution >= 4 is 10.0 Å². The highest BCUT2D eigenvalue weighted by molar-refractivity contribution is 7.89. The highest BCUT2D eigenvalue weighted by atomic mass is 32.2. The van der Waals surface area contributed by atoms with Crippen LogP contribution in [0.1, 0.15) is 5.56 Å². The lowest BCUT2D eigenvalue weighted by Crippen LogP contribution is -2.27. The molecule has 0 atom stereocenters. The van der Waals surface area contributed by atoms with Gasteiger partial charge in [-0.3, -0.25) is 0 Å². The number of hydrogen-bond donors (Lipinski definition) is 0. The first kappa shape index (κ1) is 18.2. The number of alkyl halides is 2. The van der Waals surface area contributed by atoms with Crippen LogP contribution in [0.4, 0.5) is 17.6 Å².